The molecule has 2 heterocycles. The van der Waals surface area contributed by atoms with Crippen molar-refractivity contribution < 1.29 is 92.3 Å². The number of allylic oxidation sites excluding steroid dienone is 1. The van der Waals surface area contributed by atoms with Crippen LogP contribution in [-0.2, 0) is 24.6 Å². The van der Waals surface area contributed by atoms with Gasteiger partial charge < -0.3 is 24.5 Å². The number of rotatable bonds is 9. The molecule has 3 aromatic rings. The molecular weight excluding hydrogens is 621 g/mol. The number of aliphatic hydroxyl groups excluding tert-OH is 1. The number of hydrogen-bond donors (Lipinski definition) is 2. The summed E-state index contributed by atoms with van der Waals surface area (Å²) in [6.07, 6.45) is -9.37. The van der Waals surface area contributed by atoms with Gasteiger partial charge in [0.2, 0.25) is 11.8 Å². The monoisotopic (exact) mass is 652 g/mol. The first kappa shape index (κ1) is 37.7. The molecule has 0 radical (unpaired) electrons. The van der Waals surface area contributed by atoms with Gasteiger partial charge in [-0.2, -0.15) is 31.3 Å². The van der Waals surface area contributed by atoms with Gasteiger partial charge in [0.1, 0.15) is 12.4 Å². The molecule has 1 saturated carbocycles. The van der Waals surface area contributed by atoms with Crippen LogP contribution in [0.3, 0.4) is 0 Å². The predicted molar refractivity (Wildman–Crippen MR) is 146 cm³/mol. The van der Waals surface area contributed by atoms with Gasteiger partial charge in [0.05, 0.1) is 18.2 Å². The van der Waals surface area contributed by atoms with E-state index in [-0.39, 0.29) is 87.0 Å². The van der Waals surface area contributed by atoms with Crippen molar-refractivity contribution in [3.8, 4) is 17.3 Å². The molecule has 0 spiro atoms. The van der Waals surface area contributed by atoms with E-state index in [1.54, 1.807) is 0 Å². The van der Waals surface area contributed by atoms with Crippen molar-refractivity contribution in [2.45, 2.75) is 51.8 Å². The molecule has 234 valence electrons. The zero-order valence-electron chi connectivity index (χ0n) is 25.0. The Balaban J connectivity index is 0.00000220. The van der Waals surface area contributed by atoms with Gasteiger partial charge in [0.25, 0.3) is 0 Å². The Labute approximate surface area is 293 Å². The minimum atomic E-state index is -5.04. The van der Waals surface area contributed by atoms with Gasteiger partial charge in [-0.05, 0) is 24.3 Å². The Hall–Kier alpha value is -2.50. The third-order valence-corrected chi connectivity index (χ3v) is 6.26. The van der Waals surface area contributed by atoms with Crippen LogP contribution in [0, 0.1) is 11.3 Å². The van der Waals surface area contributed by atoms with Crippen molar-refractivity contribution in [3.63, 3.8) is 0 Å². The number of methoxy groups -OCH3 is 1. The van der Waals surface area contributed by atoms with E-state index in [0.29, 0.717) is 16.8 Å². The Morgan fingerprint density at radius 2 is 1.73 bits per heavy atom. The maximum Gasteiger partial charge on any atom is 1.00 e. The summed E-state index contributed by atoms with van der Waals surface area (Å²) in [6.45, 7) is 3.69. The molecule has 0 amide bonds. The van der Waals surface area contributed by atoms with E-state index >= 15 is 0 Å². The average Bonchev–Trinajstić information content (AvgIpc) is 3.74. The molecule has 2 N–H and O–H groups in total. The Morgan fingerprint density at radius 3 is 2.20 bits per heavy atom. The number of nitrogens with one attached hydrogen (secondary N) is 1. The molecule has 1 aliphatic rings. The van der Waals surface area contributed by atoms with Crippen LogP contribution in [0.25, 0.3) is 22.3 Å². The smallest absolute Gasteiger partial charge is 0.689 e. The molecule has 16 heteroatoms. The molecule has 2 aromatic heterocycles. The minimum Gasteiger partial charge on any atom is -0.689 e. The van der Waals surface area contributed by atoms with E-state index in [1.165, 1.54) is 50.0 Å². The van der Waals surface area contributed by atoms with Crippen molar-refractivity contribution in [2.24, 2.45) is 13.0 Å². The van der Waals surface area contributed by atoms with Gasteiger partial charge in [0, 0.05) is 25.0 Å². The number of ether oxygens (including phenoxy) is 2. The van der Waals surface area contributed by atoms with E-state index in [1.807, 2.05) is 13.8 Å². The number of halogens is 6. The van der Waals surface area contributed by atoms with E-state index in [2.05, 4.69) is 20.3 Å². The maximum atomic E-state index is 13.4. The first-order chi connectivity index (χ1) is 20.2. The number of alkyl halides is 6. The van der Waals surface area contributed by atoms with Crippen LogP contribution in [0.15, 0.2) is 42.4 Å². The average molecular weight is 653 g/mol. The second-order valence-electron chi connectivity index (χ2n) is 9.23. The molecule has 4 rings (SSSR count). The molecule has 9 nitrogen and oxygen atoms in total. The van der Waals surface area contributed by atoms with E-state index in [4.69, 9.17) is 14.9 Å². The second kappa shape index (κ2) is 15.7. The van der Waals surface area contributed by atoms with Crippen LogP contribution in [0.5, 0.6) is 5.88 Å². The number of nitrogens with zero attached hydrogens (tertiary/aromatic N) is 5. The first-order valence-corrected chi connectivity index (χ1v) is 13.2. The summed E-state index contributed by atoms with van der Waals surface area (Å²) in [7, 11) is 4.18. The number of aliphatic hydroxyl groups is 1. The van der Waals surface area contributed by atoms with Crippen LogP contribution in [-0.4, -0.2) is 50.9 Å². The summed E-state index contributed by atoms with van der Waals surface area (Å²) in [5.41, 5.74) is -0.426. The van der Waals surface area contributed by atoms with Crippen molar-refractivity contribution in [3.05, 3.63) is 70.3 Å². The number of aryl methyl sites for hydroxylation is 1. The van der Waals surface area contributed by atoms with E-state index in [0.717, 1.165) is 25.2 Å². The van der Waals surface area contributed by atoms with Crippen LogP contribution in [0.1, 0.15) is 55.4 Å². The second-order valence-corrected chi connectivity index (χ2v) is 9.23. The van der Waals surface area contributed by atoms with Crippen molar-refractivity contribution >= 4 is 11.5 Å². The first-order valence-electron chi connectivity index (χ1n) is 13.2. The molecule has 0 bridgehead atoms. The third kappa shape index (κ3) is 9.03. The molecule has 44 heavy (non-hydrogen) atoms. The van der Waals surface area contributed by atoms with Crippen LogP contribution < -0.4 is 56.1 Å². The molecular formula is C28H31F6KN6O3. The van der Waals surface area contributed by atoms with Gasteiger partial charge in [-0.1, -0.05) is 38.1 Å². The Kier molecular flexibility index (Phi) is 13.4. The SMILES string of the molecule is CC.C[N-]/C(=C(\C(=N)OC)c1ncc(C(O)C(F)(F)F)c(OCc2ccc(-c3nc(C(F)(F)F)cn3C)cc2)n1)C1CC1.[K+]. The van der Waals surface area contributed by atoms with Crippen molar-refractivity contribution in [1.29, 1.82) is 5.41 Å². The molecule has 1 aromatic carbocycles. The largest absolute Gasteiger partial charge is 1.00 e. The standard InChI is InChI=1S/C26H25F6N6O3.C2H6.K/c1-34-19(14-8-9-14)18(21(33)40-3)22-35-10-16(20(39)26(30,31)32)24(37-22)41-12-13-4-6-15(7-5-13)23-36-17(11-38(23)2)25(27,28)29;1-2;/h4-7,10-11,14,20,33,39H,8-9,12H2,1-3H3;1-2H3;/q-1;;+1/b19-18+,33-21?;;. The molecule has 1 unspecified atom stereocenters. The van der Waals surface area contributed by atoms with Crippen LogP contribution in [0.2, 0.25) is 0 Å². The van der Waals surface area contributed by atoms with Gasteiger partial charge >= 0.3 is 63.7 Å². The number of hydrogen-bond acceptors (Lipinski definition) is 7. The molecule has 0 saturated heterocycles. The van der Waals surface area contributed by atoms with Gasteiger partial charge in [-0.3, -0.25) is 5.41 Å². The summed E-state index contributed by atoms with van der Waals surface area (Å²) in [4.78, 5) is 11.7. The number of aromatic nitrogens is 4. The van der Waals surface area contributed by atoms with Gasteiger partial charge in [0.15, 0.2) is 17.6 Å². The summed E-state index contributed by atoms with van der Waals surface area (Å²) in [5.74, 6) is -0.999. The topological polar surface area (TPSA) is 120 Å². The number of imidazole rings is 1. The summed E-state index contributed by atoms with van der Waals surface area (Å²) in [6, 6.07) is 5.99. The fourth-order valence-corrected chi connectivity index (χ4v) is 4.04. The van der Waals surface area contributed by atoms with Gasteiger partial charge in [-0.25, -0.2) is 9.97 Å². The Morgan fingerprint density at radius 1 is 1.11 bits per heavy atom. The van der Waals surface area contributed by atoms with E-state index in [9.17, 15) is 31.4 Å². The summed E-state index contributed by atoms with van der Waals surface area (Å²) in [5, 5.41) is 22.4. The normalized spacial score (nSPS) is 14.4. The molecule has 1 fully saturated rings. The van der Waals surface area contributed by atoms with Gasteiger partial charge in [-0.15, -0.1) is 12.7 Å². The zero-order valence-corrected chi connectivity index (χ0v) is 28.1. The quantitative estimate of drug-likeness (QED) is 0.157. The maximum absolute atomic E-state index is 13.4. The summed E-state index contributed by atoms with van der Waals surface area (Å²) >= 11 is 0. The molecule has 1 aliphatic carbocycles. The van der Waals surface area contributed by atoms with Crippen molar-refractivity contribution in [2.75, 3.05) is 14.2 Å². The predicted octanol–water partition coefficient (Wildman–Crippen LogP) is 3.85. The molecule has 1 atom stereocenters. The fraction of sp³-hybridized carbons (Fsp3) is 0.429. The van der Waals surface area contributed by atoms with Crippen LogP contribution in [0.4, 0.5) is 26.3 Å². The van der Waals surface area contributed by atoms with E-state index < -0.39 is 35.6 Å². The van der Waals surface area contributed by atoms with Crippen molar-refractivity contribution in [1.82, 2.24) is 19.5 Å². The zero-order chi connectivity index (χ0) is 32.1. The fourth-order valence-electron chi connectivity index (χ4n) is 4.04. The minimum absolute atomic E-state index is 0. The Bertz CT molecular complexity index is 1450. The molecule has 0 aliphatic heterocycles. The summed E-state index contributed by atoms with van der Waals surface area (Å²) < 4.78 is 91.2. The van der Waals surface area contributed by atoms with Crippen LogP contribution >= 0.6 is 0 Å². The number of benzene rings is 1. The third-order valence-electron chi connectivity index (χ3n) is 6.26.